The molecule has 0 spiro atoms. The Balaban J connectivity index is 2.30. The molecule has 1 rings (SSSR count). The van der Waals surface area contributed by atoms with Gasteiger partial charge in [-0.05, 0) is 26.7 Å². The van der Waals surface area contributed by atoms with Gasteiger partial charge in [-0.3, -0.25) is 14.5 Å². The normalized spacial score (nSPS) is 17.4. The van der Waals surface area contributed by atoms with Gasteiger partial charge in [0, 0.05) is 44.6 Å². The number of ether oxygens (including phenoxy) is 1. The first-order valence-corrected chi connectivity index (χ1v) is 12.9. The van der Waals surface area contributed by atoms with Crippen molar-refractivity contribution in [1.82, 2.24) is 15.5 Å². The minimum absolute atomic E-state index is 0.148. The first-order valence-electron chi connectivity index (χ1n) is 12.9. The maximum atomic E-state index is 12.2. The van der Waals surface area contributed by atoms with Crippen molar-refractivity contribution < 1.29 is 14.3 Å². The van der Waals surface area contributed by atoms with Crippen molar-refractivity contribution in [2.45, 2.75) is 123 Å². The van der Waals surface area contributed by atoms with Gasteiger partial charge in [-0.1, -0.05) is 65.2 Å². The van der Waals surface area contributed by atoms with E-state index in [2.05, 4.69) is 43.2 Å². The van der Waals surface area contributed by atoms with Crippen molar-refractivity contribution in [2.24, 2.45) is 0 Å². The SMILES string of the molecule is CCCCCCCC(=O)NCC(C)N(CC1CO1)C(C)CNC(=O)CCCCCCC. The zero-order valence-corrected chi connectivity index (χ0v) is 20.7. The summed E-state index contributed by atoms with van der Waals surface area (Å²) in [5.74, 6) is 0.296. The number of nitrogens with one attached hydrogen (secondary N) is 2. The number of epoxide rings is 1. The quantitative estimate of drug-likeness (QED) is 0.218. The van der Waals surface area contributed by atoms with E-state index in [4.69, 9.17) is 4.74 Å². The molecule has 0 aromatic heterocycles. The molecule has 3 unspecified atom stereocenters. The Bertz CT molecular complexity index is 447. The van der Waals surface area contributed by atoms with Gasteiger partial charge >= 0.3 is 0 Å². The summed E-state index contributed by atoms with van der Waals surface area (Å²) in [5.41, 5.74) is 0. The zero-order chi connectivity index (χ0) is 22.9. The Morgan fingerprint density at radius 3 is 1.61 bits per heavy atom. The monoisotopic (exact) mass is 439 g/mol. The zero-order valence-electron chi connectivity index (χ0n) is 20.7. The fourth-order valence-electron chi connectivity index (χ4n) is 3.92. The summed E-state index contributed by atoms with van der Waals surface area (Å²) >= 11 is 0. The molecular weight excluding hydrogens is 390 g/mol. The lowest BCUT2D eigenvalue weighted by atomic mass is 10.1. The van der Waals surface area contributed by atoms with Crippen LogP contribution in [0.4, 0.5) is 0 Å². The first kappa shape index (κ1) is 27.9. The standard InChI is InChI=1S/C25H49N3O3/c1-5-7-9-11-13-15-24(29)26-17-21(3)28(19-23-20-31-23)22(4)18-27-25(30)16-14-12-10-8-6-2/h21-23H,5-20H2,1-4H3,(H,26,29)(H,27,30). The summed E-state index contributed by atoms with van der Waals surface area (Å²) in [5, 5.41) is 6.21. The summed E-state index contributed by atoms with van der Waals surface area (Å²) in [7, 11) is 0. The number of nitrogens with zero attached hydrogens (tertiary/aromatic N) is 1. The van der Waals surface area contributed by atoms with Crippen LogP contribution >= 0.6 is 0 Å². The molecule has 1 heterocycles. The summed E-state index contributed by atoms with van der Waals surface area (Å²) < 4.78 is 5.44. The Labute approximate surface area is 191 Å². The smallest absolute Gasteiger partial charge is 0.220 e. The van der Waals surface area contributed by atoms with E-state index in [1.54, 1.807) is 0 Å². The van der Waals surface area contributed by atoms with Crippen LogP contribution in [0.2, 0.25) is 0 Å². The van der Waals surface area contributed by atoms with Gasteiger partial charge in [0.05, 0.1) is 12.7 Å². The molecule has 1 aliphatic rings. The molecule has 1 saturated heterocycles. The number of hydrogen-bond acceptors (Lipinski definition) is 4. The molecule has 2 amide bonds. The predicted molar refractivity (Wildman–Crippen MR) is 128 cm³/mol. The number of unbranched alkanes of at least 4 members (excludes halogenated alkanes) is 8. The molecule has 0 aromatic rings. The van der Waals surface area contributed by atoms with Gasteiger partial charge in [-0.15, -0.1) is 0 Å². The lowest BCUT2D eigenvalue weighted by molar-refractivity contribution is -0.121. The summed E-state index contributed by atoms with van der Waals surface area (Å²) in [6, 6.07) is 0.406. The van der Waals surface area contributed by atoms with Gasteiger partial charge in [-0.25, -0.2) is 0 Å². The molecule has 0 bridgehead atoms. The molecule has 0 radical (unpaired) electrons. The molecule has 6 heteroatoms. The molecule has 2 N–H and O–H groups in total. The van der Waals surface area contributed by atoms with Crippen LogP contribution < -0.4 is 10.6 Å². The largest absolute Gasteiger partial charge is 0.372 e. The fraction of sp³-hybridized carbons (Fsp3) is 0.920. The lowest BCUT2D eigenvalue weighted by Crippen LogP contribution is -2.51. The van der Waals surface area contributed by atoms with Crippen molar-refractivity contribution in [3.05, 3.63) is 0 Å². The van der Waals surface area contributed by atoms with Gasteiger partial charge in [0.15, 0.2) is 0 Å². The second-order valence-electron chi connectivity index (χ2n) is 9.29. The highest BCUT2D eigenvalue weighted by atomic mass is 16.6. The van der Waals surface area contributed by atoms with Crippen LogP contribution in [0.1, 0.15) is 105 Å². The van der Waals surface area contributed by atoms with E-state index in [-0.39, 0.29) is 30.0 Å². The van der Waals surface area contributed by atoms with Crippen LogP contribution in [0, 0.1) is 0 Å². The third-order valence-electron chi connectivity index (χ3n) is 6.15. The third kappa shape index (κ3) is 14.5. The topological polar surface area (TPSA) is 74.0 Å². The number of amides is 2. The first-order chi connectivity index (χ1) is 15.0. The van der Waals surface area contributed by atoms with Crippen LogP contribution in [0.15, 0.2) is 0 Å². The molecule has 0 saturated carbocycles. The second-order valence-corrected chi connectivity index (χ2v) is 9.29. The van der Waals surface area contributed by atoms with Crippen LogP contribution in [0.5, 0.6) is 0 Å². The van der Waals surface area contributed by atoms with Gasteiger partial charge in [0.1, 0.15) is 0 Å². The molecular formula is C25H49N3O3. The highest BCUT2D eigenvalue weighted by Crippen LogP contribution is 2.15. The third-order valence-corrected chi connectivity index (χ3v) is 6.15. The number of carbonyl (C=O) groups is 2. The maximum Gasteiger partial charge on any atom is 0.220 e. The summed E-state index contributed by atoms with van der Waals surface area (Å²) in [6.45, 7) is 11.6. The van der Waals surface area contributed by atoms with E-state index >= 15 is 0 Å². The van der Waals surface area contributed by atoms with Crippen molar-refractivity contribution >= 4 is 11.8 Å². The summed E-state index contributed by atoms with van der Waals surface area (Å²) in [4.78, 5) is 26.7. The predicted octanol–water partition coefficient (Wildman–Crippen LogP) is 4.42. The van der Waals surface area contributed by atoms with Crippen molar-refractivity contribution in [2.75, 3.05) is 26.2 Å². The average Bonchev–Trinajstić information content (AvgIpc) is 3.58. The van der Waals surface area contributed by atoms with E-state index in [0.717, 1.165) is 38.8 Å². The highest BCUT2D eigenvalue weighted by molar-refractivity contribution is 5.76. The van der Waals surface area contributed by atoms with Crippen LogP contribution in [0.3, 0.4) is 0 Å². The van der Waals surface area contributed by atoms with Crippen LogP contribution in [-0.2, 0) is 14.3 Å². The molecule has 1 fully saturated rings. The molecule has 0 aliphatic carbocycles. The second kappa shape index (κ2) is 17.4. The molecule has 182 valence electrons. The van der Waals surface area contributed by atoms with Crippen molar-refractivity contribution in [3.8, 4) is 0 Å². The maximum absolute atomic E-state index is 12.2. The van der Waals surface area contributed by atoms with E-state index in [1.165, 1.54) is 38.5 Å². The lowest BCUT2D eigenvalue weighted by Gasteiger charge is -2.34. The van der Waals surface area contributed by atoms with Crippen molar-refractivity contribution in [1.29, 1.82) is 0 Å². The number of carbonyl (C=O) groups excluding carboxylic acids is 2. The Hall–Kier alpha value is -1.14. The summed E-state index contributed by atoms with van der Waals surface area (Å²) in [6.07, 6.45) is 13.1. The molecule has 6 nitrogen and oxygen atoms in total. The fourth-order valence-corrected chi connectivity index (χ4v) is 3.92. The number of hydrogen-bond donors (Lipinski definition) is 2. The van der Waals surface area contributed by atoms with Gasteiger partial charge in [-0.2, -0.15) is 0 Å². The number of rotatable bonds is 20. The van der Waals surface area contributed by atoms with E-state index in [1.807, 2.05) is 0 Å². The molecule has 1 aliphatic heterocycles. The van der Waals surface area contributed by atoms with E-state index in [9.17, 15) is 9.59 Å². The molecule has 31 heavy (non-hydrogen) atoms. The van der Waals surface area contributed by atoms with Gasteiger partial charge in [0.2, 0.25) is 11.8 Å². The van der Waals surface area contributed by atoms with Gasteiger partial charge < -0.3 is 15.4 Å². The van der Waals surface area contributed by atoms with E-state index in [0.29, 0.717) is 25.9 Å². The van der Waals surface area contributed by atoms with Crippen LogP contribution in [-0.4, -0.2) is 61.1 Å². The minimum Gasteiger partial charge on any atom is -0.372 e. The van der Waals surface area contributed by atoms with Gasteiger partial charge in [0.25, 0.3) is 0 Å². The Kier molecular flexibility index (Phi) is 15.7. The van der Waals surface area contributed by atoms with E-state index < -0.39 is 0 Å². The molecule has 3 atom stereocenters. The molecule has 0 aromatic carbocycles. The minimum atomic E-state index is 0.148. The Morgan fingerprint density at radius 2 is 1.23 bits per heavy atom. The Morgan fingerprint density at radius 1 is 0.806 bits per heavy atom. The average molecular weight is 440 g/mol. The van der Waals surface area contributed by atoms with Crippen LogP contribution in [0.25, 0.3) is 0 Å². The highest BCUT2D eigenvalue weighted by Gasteiger charge is 2.30. The van der Waals surface area contributed by atoms with Crippen molar-refractivity contribution in [3.63, 3.8) is 0 Å².